The van der Waals surface area contributed by atoms with Gasteiger partial charge < -0.3 is 55.0 Å². The van der Waals surface area contributed by atoms with Crippen molar-refractivity contribution in [3.63, 3.8) is 0 Å². The smallest absolute Gasteiger partial charge is 0.273 e. The molecule has 0 aliphatic heterocycles. The highest BCUT2D eigenvalue weighted by Crippen LogP contribution is 2.23. The molecule has 0 saturated heterocycles. The average Bonchev–Trinajstić information content (AvgIpc) is 3.61. The molecule has 2 atom stereocenters. The molecule has 0 bridgehead atoms. The van der Waals surface area contributed by atoms with E-state index in [0.29, 0.717) is 97.5 Å². The number of carbonyl (C=O) groups is 4. The van der Waals surface area contributed by atoms with Gasteiger partial charge in [-0.2, -0.15) is 5.10 Å². The average molecular weight is 890 g/mol. The number of para-hydroxylation sites is 1. The Hall–Kier alpha value is -3.97. The molecule has 5 N–H and O–H groups in total. The zero-order chi connectivity index (χ0) is 46.4. The van der Waals surface area contributed by atoms with E-state index in [4.69, 9.17) is 28.4 Å². The van der Waals surface area contributed by atoms with Gasteiger partial charge in [0.1, 0.15) is 6.04 Å². The lowest BCUT2D eigenvalue weighted by Gasteiger charge is -2.30. The van der Waals surface area contributed by atoms with Crippen LogP contribution < -0.4 is 26.6 Å². The van der Waals surface area contributed by atoms with E-state index >= 15 is 0 Å². The summed E-state index contributed by atoms with van der Waals surface area (Å²) < 4.78 is 35.2. The number of carbonyl (C=O) groups excluding carboxylic acids is 4. The summed E-state index contributed by atoms with van der Waals surface area (Å²) >= 11 is 0. The van der Waals surface area contributed by atoms with E-state index in [0.717, 1.165) is 43.2 Å². The third kappa shape index (κ3) is 24.6. The fourth-order valence-electron chi connectivity index (χ4n) is 6.27. The van der Waals surface area contributed by atoms with Crippen molar-refractivity contribution in [3.05, 3.63) is 42.6 Å². The molecule has 1 heterocycles. The minimum Gasteiger partial charge on any atom is -0.379 e. The van der Waals surface area contributed by atoms with E-state index in [9.17, 15) is 19.2 Å². The Bertz CT molecular complexity index is 1610. The SMILES string of the molecule is C=CCCCn1nc(C(=O)NC(C(=O)NCCOCCOCCOCCNC(=O)CCC(NC)C(=O)NCCOCCOCCOCCCC(C)(C)C)C(C)(C)C)c2ccccc21. The summed E-state index contributed by atoms with van der Waals surface area (Å²) in [4.78, 5) is 51.5. The maximum atomic E-state index is 13.5. The fraction of sp³-hybridized carbons (Fsp3) is 0.717. The summed E-state index contributed by atoms with van der Waals surface area (Å²) in [5.74, 6) is -1.07. The van der Waals surface area contributed by atoms with Crippen LogP contribution in [0.3, 0.4) is 0 Å². The highest BCUT2D eigenvalue weighted by atomic mass is 16.5. The first-order chi connectivity index (χ1) is 30.2. The van der Waals surface area contributed by atoms with Gasteiger partial charge >= 0.3 is 0 Å². The van der Waals surface area contributed by atoms with Gasteiger partial charge in [-0.05, 0) is 56.0 Å². The van der Waals surface area contributed by atoms with Crippen molar-refractivity contribution in [2.45, 2.75) is 98.7 Å². The van der Waals surface area contributed by atoms with Crippen LogP contribution in [0.5, 0.6) is 0 Å². The summed E-state index contributed by atoms with van der Waals surface area (Å²) in [6, 6.07) is 6.29. The molecule has 0 aliphatic rings. The number of hydrogen-bond acceptors (Lipinski definition) is 12. The zero-order valence-electron chi connectivity index (χ0n) is 39.3. The first-order valence-corrected chi connectivity index (χ1v) is 22.5. The van der Waals surface area contributed by atoms with E-state index in [-0.39, 0.29) is 43.0 Å². The normalized spacial score (nSPS) is 12.8. The fourth-order valence-corrected chi connectivity index (χ4v) is 6.27. The molecule has 0 aliphatic carbocycles. The number of unbranched alkanes of at least 4 members (excludes halogenated alkanes) is 1. The molecular weight excluding hydrogens is 811 g/mol. The summed E-state index contributed by atoms with van der Waals surface area (Å²) in [6.45, 7) is 22.8. The van der Waals surface area contributed by atoms with E-state index in [2.05, 4.69) is 59.0 Å². The van der Waals surface area contributed by atoms with Gasteiger partial charge in [0.2, 0.25) is 17.7 Å². The quantitative estimate of drug-likeness (QED) is 0.0491. The topological polar surface area (TPSA) is 202 Å². The molecule has 17 nitrogen and oxygen atoms in total. The molecule has 17 heteroatoms. The third-order valence-corrected chi connectivity index (χ3v) is 9.74. The van der Waals surface area contributed by atoms with Gasteiger partial charge in [0, 0.05) is 44.6 Å². The minimum absolute atomic E-state index is 0.166. The Morgan fingerprint density at radius 3 is 1.78 bits per heavy atom. The van der Waals surface area contributed by atoms with Crippen LogP contribution in [-0.4, -0.2) is 151 Å². The van der Waals surface area contributed by atoms with Crippen LogP contribution in [0.25, 0.3) is 10.9 Å². The van der Waals surface area contributed by atoms with Crippen LogP contribution in [0.1, 0.15) is 90.6 Å². The van der Waals surface area contributed by atoms with E-state index in [1.54, 1.807) is 7.05 Å². The van der Waals surface area contributed by atoms with E-state index in [1.807, 2.05) is 55.8 Å². The zero-order valence-corrected chi connectivity index (χ0v) is 39.3. The largest absolute Gasteiger partial charge is 0.379 e. The number of aryl methyl sites for hydroxylation is 1. The molecule has 1 aromatic heterocycles. The molecule has 2 aromatic rings. The van der Waals surface area contributed by atoms with Crippen molar-refractivity contribution < 1.29 is 47.6 Å². The van der Waals surface area contributed by atoms with Crippen LogP contribution in [0.2, 0.25) is 0 Å². The summed E-state index contributed by atoms with van der Waals surface area (Å²) in [6.07, 6.45) is 6.26. The number of allylic oxidation sites excluding steroid dienone is 1. The van der Waals surface area contributed by atoms with Crippen LogP contribution in [0, 0.1) is 10.8 Å². The predicted octanol–water partition coefficient (Wildman–Crippen LogP) is 3.79. The standard InChI is InChI=1S/C46H79N7O10/c1-9-10-13-23-53-38-16-12-11-15-36(38)40(52-53)43(56)51-41(46(5,6)7)44(57)50-22-27-61-31-35-63-33-29-59-25-20-48-39(54)18-17-37(47-8)42(55)49-21-26-60-30-34-62-32-28-58-24-14-19-45(2,3)4/h9,11-12,15-16,37,41,47H,1,10,13-14,17-35H2,2-8H3,(H,48,54)(H,49,55)(H,50,57)(H,51,56). The number of ether oxygens (including phenoxy) is 6. The molecule has 0 saturated carbocycles. The second-order valence-corrected chi connectivity index (χ2v) is 17.4. The van der Waals surface area contributed by atoms with Crippen molar-refractivity contribution in [2.75, 3.05) is 106 Å². The Morgan fingerprint density at radius 2 is 1.24 bits per heavy atom. The molecule has 358 valence electrons. The first-order valence-electron chi connectivity index (χ1n) is 22.5. The molecule has 63 heavy (non-hydrogen) atoms. The van der Waals surface area contributed by atoms with Gasteiger partial charge in [-0.3, -0.25) is 23.9 Å². The van der Waals surface area contributed by atoms with E-state index < -0.39 is 23.4 Å². The molecule has 0 radical (unpaired) electrons. The predicted molar refractivity (Wildman–Crippen MR) is 245 cm³/mol. The molecular formula is C46H79N7O10. The van der Waals surface area contributed by atoms with Crippen molar-refractivity contribution in [3.8, 4) is 0 Å². The van der Waals surface area contributed by atoms with Gasteiger partial charge in [0.15, 0.2) is 5.69 Å². The number of nitrogens with zero attached hydrogens (tertiary/aromatic N) is 2. The summed E-state index contributed by atoms with van der Waals surface area (Å²) in [5, 5.41) is 19.7. The Labute approximate surface area is 375 Å². The van der Waals surface area contributed by atoms with Crippen LogP contribution in [0.4, 0.5) is 0 Å². The molecule has 2 unspecified atom stereocenters. The highest BCUT2D eigenvalue weighted by molar-refractivity contribution is 6.06. The number of amides is 4. The van der Waals surface area contributed by atoms with Gasteiger partial charge in [-0.1, -0.05) is 65.8 Å². The minimum atomic E-state index is -0.797. The molecule has 2 rings (SSSR count). The molecule has 0 spiro atoms. The first kappa shape index (κ1) is 55.2. The van der Waals surface area contributed by atoms with Crippen LogP contribution in [0.15, 0.2) is 36.9 Å². The maximum absolute atomic E-state index is 13.5. The number of nitrogens with one attached hydrogen (secondary N) is 5. The second-order valence-electron chi connectivity index (χ2n) is 17.4. The van der Waals surface area contributed by atoms with Crippen molar-refractivity contribution in [2.24, 2.45) is 10.8 Å². The number of likely N-dealkylation sites (N-methyl/N-ethyl adjacent to an activating group) is 1. The van der Waals surface area contributed by atoms with Crippen molar-refractivity contribution in [1.29, 1.82) is 0 Å². The second kappa shape index (κ2) is 31.8. The maximum Gasteiger partial charge on any atom is 0.273 e. The van der Waals surface area contributed by atoms with Gasteiger partial charge in [-0.15, -0.1) is 6.58 Å². The monoisotopic (exact) mass is 890 g/mol. The lowest BCUT2D eigenvalue weighted by molar-refractivity contribution is -0.126. The highest BCUT2D eigenvalue weighted by Gasteiger charge is 2.34. The third-order valence-electron chi connectivity index (χ3n) is 9.74. The number of hydrogen-bond donors (Lipinski definition) is 5. The summed E-state index contributed by atoms with van der Waals surface area (Å²) in [5.41, 5.74) is 0.920. The summed E-state index contributed by atoms with van der Waals surface area (Å²) in [7, 11) is 1.69. The Morgan fingerprint density at radius 1 is 0.714 bits per heavy atom. The van der Waals surface area contributed by atoms with Crippen molar-refractivity contribution >= 4 is 34.5 Å². The Kier molecular flexibility index (Phi) is 27.9. The number of aromatic nitrogens is 2. The van der Waals surface area contributed by atoms with E-state index in [1.165, 1.54) is 0 Å². The lowest BCUT2D eigenvalue weighted by Crippen LogP contribution is -2.54. The van der Waals surface area contributed by atoms with Gasteiger partial charge in [-0.25, -0.2) is 0 Å². The number of rotatable bonds is 36. The lowest BCUT2D eigenvalue weighted by atomic mass is 9.86. The Balaban J connectivity index is 1.47. The number of benzene rings is 1. The number of fused-ring (bicyclic) bond motifs is 1. The van der Waals surface area contributed by atoms with Gasteiger partial charge in [0.05, 0.1) is 84.2 Å². The molecule has 4 amide bonds. The van der Waals surface area contributed by atoms with Crippen molar-refractivity contribution in [1.82, 2.24) is 36.4 Å². The van der Waals surface area contributed by atoms with Crippen LogP contribution in [-0.2, 0) is 49.3 Å². The van der Waals surface area contributed by atoms with Crippen LogP contribution >= 0.6 is 0 Å². The molecule has 0 fully saturated rings. The van der Waals surface area contributed by atoms with Gasteiger partial charge in [0.25, 0.3) is 5.91 Å². The molecule has 1 aromatic carbocycles.